The summed E-state index contributed by atoms with van der Waals surface area (Å²) in [5, 5.41) is 20.7. The monoisotopic (exact) mass is 308 g/mol. The van der Waals surface area contributed by atoms with Crippen molar-refractivity contribution in [2.24, 2.45) is 0 Å². The maximum Gasteiger partial charge on any atom is 0.336 e. The number of pyridine rings is 1. The topological polar surface area (TPSA) is 93.3 Å². The molecule has 6 nitrogen and oxygen atoms in total. The second kappa shape index (κ2) is 5.49. The molecule has 6 heteroatoms. The molecule has 1 aromatic heterocycles. The van der Waals surface area contributed by atoms with Gasteiger partial charge in [-0.1, -0.05) is 30.3 Å². The lowest BCUT2D eigenvalue weighted by Gasteiger charge is -2.09. The van der Waals surface area contributed by atoms with Gasteiger partial charge in [0.25, 0.3) is 5.69 Å². The second-order valence-corrected chi connectivity index (χ2v) is 5.14. The van der Waals surface area contributed by atoms with Gasteiger partial charge in [0, 0.05) is 23.1 Å². The molecule has 0 radical (unpaired) electrons. The maximum atomic E-state index is 11.6. The minimum atomic E-state index is -1.14. The van der Waals surface area contributed by atoms with Crippen LogP contribution in [0.4, 0.5) is 5.69 Å². The SMILES string of the molecule is Cc1cc([N+](=O)[O-])cc2c(C(=O)O)cc(-c3ccccc3)nc12. The van der Waals surface area contributed by atoms with Crippen LogP contribution >= 0.6 is 0 Å². The number of nitro benzene ring substituents is 1. The maximum absolute atomic E-state index is 11.6. The second-order valence-electron chi connectivity index (χ2n) is 5.14. The van der Waals surface area contributed by atoms with E-state index in [9.17, 15) is 20.0 Å². The van der Waals surface area contributed by atoms with Gasteiger partial charge in [-0.25, -0.2) is 9.78 Å². The van der Waals surface area contributed by atoms with E-state index in [1.54, 1.807) is 6.92 Å². The highest BCUT2D eigenvalue weighted by Crippen LogP contribution is 2.30. The van der Waals surface area contributed by atoms with Crippen LogP contribution in [0.3, 0.4) is 0 Å². The molecule has 3 rings (SSSR count). The van der Waals surface area contributed by atoms with Crippen molar-refractivity contribution in [2.45, 2.75) is 6.92 Å². The van der Waals surface area contributed by atoms with Crippen LogP contribution in [-0.4, -0.2) is 21.0 Å². The highest BCUT2D eigenvalue weighted by atomic mass is 16.6. The number of nitro groups is 1. The summed E-state index contributed by atoms with van der Waals surface area (Å²) in [5.74, 6) is -1.14. The summed E-state index contributed by atoms with van der Waals surface area (Å²) in [5.41, 5.74) is 2.18. The number of non-ortho nitro benzene ring substituents is 1. The number of carboxylic acid groups (broad SMARTS) is 1. The third kappa shape index (κ3) is 2.62. The van der Waals surface area contributed by atoms with E-state index in [2.05, 4.69) is 4.98 Å². The summed E-state index contributed by atoms with van der Waals surface area (Å²) in [6.45, 7) is 1.68. The number of aryl methyl sites for hydroxylation is 1. The van der Waals surface area contributed by atoms with E-state index in [4.69, 9.17) is 0 Å². The first-order valence-corrected chi connectivity index (χ1v) is 6.86. The molecule has 3 aromatic rings. The fraction of sp³-hybridized carbons (Fsp3) is 0.0588. The number of rotatable bonds is 3. The Balaban J connectivity index is 2.37. The summed E-state index contributed by atoms with van der Waals surface area (Å²) in [6.07, 6.45) is 0. The van der Waals surface area contributed by atoms with E-state index in [-0.39, 0.29) is 16.6 Å². The van der Waals surface area contributed by atoms with Crippen molar-refractivity contribution < 1.29 is 14.8 Å². The van der Waals surface area contributed by atoms with Gasteiger partial charge in [-0.3, -0.25) is 10.1 Å². The van der Waals surface area contributed by atoms with E-state index in [0.29, 0.717) is 16.8 Å². The van der Waals surface area contributed by atoms with Crippen molar-refractivity contribution >= 4 is 22.6 Å². The lowest BCUT2D eigenvalue weighted by molar-refractivity contribution is -0.384. The first-order valence-electron chi connectivity index (χ1n) is 6.86. The van der Waals surface area contributed by atoms with Crippen LogP contribution in [-0.2, 0) is 0 Å². The van der Waals surface area contributed by atoms with Crippen LogP contribution in [0.2, 0.25) is 0 Å². The van der Waals surface area contributed by atoms with Gasteiger partial charge in [0.15, 0.2) is 0 Å². The van der Waals surface area contributed by atoms with E-state index >= 15 is 0 Å². The molecule has 0 saturated carbocycles. The van der Waals surface area contributed by atoms with Crippen LogP contribution in [0.25, 0.3) is 22.2 Å². The number of hydrogen-bond acceptors (Lipinski definition) is 4. The zero-order valence-corrected chi connectivity index (χ0v) is 12.2. The van der Waals surface area contributed by atoms with Crippen LogP contribution in [0.1, 0.15) is 15.9 Å². The molecule has 0 atom stereocenters. The number of nitrogens with zero attached hydrogens (tertiary/aromatic N) is 2. The van der Waals surface area contributed by atoms with Crippen molar-refractivity contribution in [1.82, 2.24) is 4.98 Å². The fourth-order valence-electron chi connectivity index (χ4n) is 2.52. The molecule has 0 bridgehead atoms. The first kappa shape index (κ1) is 14.6. The van der Waals surface area contributed by atoms with Crippen LogP contribution in [0, 0.1) is 17.0 Å². The quantitative estimate of drug-likeness (QED) is 0.586. The molecule has 0 aliphatic rings. The van der Waals surface area contributed by atoms with Gasteiger partial charge in [-0.2, -0.15) is 0 Å². The third-order valence-electron chi connectivity index (χ3n) is 3.60. The van der Waals surface area contributed by atoms with E-state index < -0.39 is 10.9 Å². The fourth-order valence-corrected chi connectivity index (χ4v) is 2.52. The summed E-state index contributed by atoms with van der Waals surface area (Å²) in [4.78, 5) is 26.6. The van der Waals surface area contributed by atoms with Crippen LogP contribution < -0.4 is 0 Å². The smallest absolute Gasteiger partial charge is 0.336 e. The molecule has 0 aliphatic carbocycles. The lowest BCUT2D eigenvalue weighted by atomic mass is 10.0. The average molecular weight is 308 g/mol. The number of carbonyl (C=O) groups is 1. The number of fused-ring (bicyclic) bond motifs is 1. The molecule has 114 valence electrons. The Kier molecular flexibility index (Phi) is 3.50. The predicted octanol–water partition coefficient (Wildman–Crippen LogP) is 3.82. The molecule has 1 heterocycles. The van der Waals surface area contributed by atoms with Gasteiger partial charge < -0.3 is 5.11 Å². The number of aromatic carboxylic acids is 1. The van der Waals surface area contributed by atoms with Gasteiger partial charge in [0.2, 0.25) is 0 Å². The number of aromatic nitrogens is 1. The van der Waals surface area contributed by atoms with E-state index in [0.717, 1.165) is 5.56 Å². The Hall–Kier alpha value is -3.28. The molecule has 23 heavy (non-hydrogen) atoms. The summed E-state index contributed by atoms with van der Waals surface area (Å²) in [7, 11) is 0. The highest BCUT2D eigenvalue weighted by molar-refractivity contribution is 6.05. The average Bonchev–Trinajstić information content (AvgIpc) is 2.54. The molecular formula is C17H12N2O4. The number of carboxylic acids is 1. The summed E-state index contributed by atoms with van der Waals surface area (Å²) < 4.78 is 0. The molecule has 2 aromatic carbocycles. The van der Waals surface area contributed by atoms with Gasteiger partial charge in [-0.15, -0.1) is 0 Å². The molecule has 0 aliphatic heterocycles. The first-order chi connectivity index (χ1) is 11.0. The summed E-state index contributed by atoms with van der Waals surface area (Å²) >= 11 is 0. The molecule has 0 fully saturated rings. The molecule has 1 N–H and O–H groups in total. The Bertz CT molecular complexity index is 936. The lowest BCUT2D eigenvalue weighted by Crippen LogP contribution is -2.02. The molecule has 0 amide bonds. The molecule has 0 spiro atoms. The Morgan fingerprint density at radius 1 is 1.17 bits per heavy atom. The van der Waals surface area contributed by atoms with Gasteiger partial charge in [0.05, 0.1) is 21.7 Å². The van der Waals surface area contributed by atoms with Gasteiger partial charge >= 0.3 is 5.97 Å². The van der Waals surface area contributed by atoms with Crippen molar-refractivity contribution in [3.8, 4) is 11.3 Å². The summed E-state index contributed by atoms with van der Waals surface area (Å²) in [6, 6.07) is 13.3. The zero-order chi connectivity index (χ0) is 16.6. The number of hydrogen-bond donors (Lipinski definition) is 1. The Morgan fingerprint density at radius 3 is 2.48 bits per heavy atom. The minimum Gasteiger partial charge on any atom is -0.478 e. The minimum absolute atomic E-state index is 0.000605. The van der Waals surface area contributed by atoms with Crippen molar-refractivity contribution in [2.75, 3.05) is 0 Å². The van der Waals surface area contributed by atoms with Crippen molar-refractivity contribution in [1.29, 1.82) is 0 Å². The third-order valence-corrected chi connectivity index (χ3v) is 3.60. The van der Waals surface area contributed by atoms with Crippen LogP contribution in [0.15, 0.2) is 48.5 Å². The van der Waals surface area contributed by atoms with Gasteiger partial charge in [0.1, 0.15) is 0 Å². The van der Waals surface area contributed by atoms with Gasteiger partial charge in [-0.05, 0) is 18.6 Å². The largest absolute Gasteiger partial charge is 0.478 e. The van der Waals surface area contributed by atoms with Crippen molar-refractivity contribution in [3.05, 3.63) is 69.8 Å². The standard InChI is InChI=1S/C17H12N2O4/c1-10-7-12(19(22)23)8-13-14(17(20)21)9-15(18-16(10)13)11-5-3-2-4-6-11/h2-9H,1H3,(H,20,21). The van der Waals surface area contributed by atoms with Crippen LogP contribution in [0.5, 0.6) is 0 Å². The Morgan fingerprint density at radius 2 is 1.87 bits per heavy atom. The highest BCUT2D eigenvalue weighted by Gasteiger charge is 2.18. The Labute approximate surface area is 131 Å². The van der Waals surface area contributed by atoms with Crippen molar-refractivity contribution in [3.63, 3.8) is 0 Å². The van der Waals surface area contributed by atoms with E-state index in [1.807, 2.05) is 30.3 Å². The predicted molar refractivity (Wildman–Crippen MR) is 85.5 cm³/mol. The van der Waals surface area contributed by atoms with E-state index in [1.165, 1.54) is 18.2 Å². The molecular weight excluding hydrogens is 296 g/mol. The number of benzene rings is 2. The molecule has 0 unspecified atom stereocenters. The molecule has 0 saturated heterocycles. The zero-order valence-electron chi connectivity index (χ0n) is 12.2. The normalized spacial score (nSPS) is 10.7.